The molecule has 2 aromatic rings. The van der Waals surface area contributed by atoms with Gasteiger partial charge in [-0.15, -0.1) is 0 Å². The predicted octanol–water partition coefficient (Wildman–Crippen LogP) is 4.80. The van der Waals surface area contributed by atoms with Crippen LogP contribution in [0, 0.1) is 11.6 Å². The zero-order chi connectivity index (χ0) is 20.2. The van der Waals surface area contributed by atoms with Crippen molar-refractivity contribution in [2.24, 2.45) is 0 Å². The lowest BCUT2D eigenvalue weighted by atomic mass is 10.1. The predicted molar refractivity (Wildman–Crippen MR) is 98.5 cm³/mol. The number of hydrogen-bond donors (Lipinski definition) is 2. The summed E-state index contributed by atoms with van der Waals surface area (Å²) in [5.41, 5.74) is 0.191. The number of carbonyl (C=O) groups is 2. The van der Waals surface area contributed by atoms with Crippen molar-refractivity contribution in [2.75, 3.05) is 5.32 Å². The quantitative estimate of drug-likeness (QED) is 0.805. The molecule has 144 valence electrons. The lowest BCUT2D eigenvalue weighted by Crippen LogP contribution is -2.28. The van der Waals surface area contributed by atoms with E-state index in [4.69, 9.17) is 4.74 Å². The maximum absolute atomic E-state index is 13.8. The van der Waals surface area contributed by atoms with Crippen LogP contribution < -0.4 is 10.6 Å². The molecule has 2 rings (SSSR count). The van der Waals surface area contributed by atoms with E-state index >= 15 is 0 Å². The third-order valence-electron chi connectivity index (χ3n) is 3.55. The Hall–Kier alpha value is -2.96. The molecule has 0 bridgehead atoms. The normalized spacial score (nSPS) is 12.2. The van der Waals surface area contributed by atoms with Crippen LogP contribution in [-0.2, 0) is 4.74 Å². The second-order valence-electron chi connectivity index (χ2n) is 7.07. The van der Waals surface area contributed by atoms with Crippen LogP contribution in [0.15, 0.2) is 42.5 Å². The molecule has 7 heteroatoms. The minimum Gasteiger partial charge on any atom is -0.444 e. The molecule has 0 aliphatic carbocycles. The fourth-order valence-electron chi connectivity index (χ4n) is 2.37. The summed E-state index contributed by atoms with van der Waals surface area (Å²) in [6, 6.07) is 8.78. The zero-order valence-corrected chi connectivity index (χ0v) is 15.6. The number of anilines is 1. The highest BCUT2D eigenvalue weighted by atomic mass is 19.1. The minimum atomic E-state index is -0.733. The molecule has 0 fully saturated rings. The lowest BCUT2D eigenvalue weighted by Gasteiger charge is -2.20. The summed E-state index contributed by atoms with van der Waals surface area (Å²) < 4.78 is 32.0. The molecule has 2 N–H and O–H groups in total. The van der Waals surface area contributed by atoms with E-state index in [1.54, 1.807) is 45.9 Å². The van der Waals surface area contributed by atoms with E-state index < -0.39 is 35.3 Å². The molecule has 0 radical (unpaired) electrons. The molecule has 0 aliphatic heterocycles. The Labute approximate surface area is 156 Å². The van der Waals surface area contributed by atoms with Gasteiger partial charge in [-0.3, -0.25) is 10.1 Å². The average molecular weight is 376 g/mol. The Kier molecular flexibility index (Phi) is 6.15. The first kappa shape index (κ1) is 20.4. The van der Waals surface area contributed by atoms with Gasteiger partial charge in [-0.2, -0.15) is 0 Å². The van der Waals surface area contributed by atoms with Crippen molar-refractivity contribution in [3.63, 3.8) is 0 Å². The van der Waals surface area contributed by atoms with Gasteiger partial charge in [0, 0.05) is 22.9 Å². The summed E-state index contributed by atoms with van der Waals surface area (Å²) >= 11 is 0. The van der Waals surface area contributed by atoms with Crippen molar-refractivity contribution in [3.05, 3.63) is 65.2 Å². The highest BCUT2D eigenvalue weighted by Gasteiger charge is 2.18. The van der Waals surface area contributed by atoms with Crippen LogP contribution in [0.25, 0.3) is 0 Å². The van der Waals surface area contributed by atoms with Gasteiger partial charge in [0.05, 0.1) is 6.04 Å². The monoisotopic (exact) mass is 376 g/mol. The third kappa shape index (κ3) is 6.06. The topological polar surface area (TPSA) is 67.4 Å². The summed E-state index contributed by atoms with van der Waals surface area (Å²) in [4.78, 5) is 24.3. The van der Waals surface area contributed by atoms with Crippen molar-refractivity contribution in [1.82, 2.24) is 5.32 Å². The van der Waals surface area contributed by atoms with E-state index in [1.807, 2.05) is 0 Å². The van der Waals surface area contributed by atoms with E-state index in [2.05, 4.69) is 10.6 Å². The average Bonchev–Trinajstić information content (AvgIpc) is 2.52. The Balaban J connectivity index is 2.07. The van der Waals surface area contributed by atoms with Crippen molar-refractivity contribution < 1.29 is 23.1 Å². The van der Waals surface area contributed by atoms with E-state index in [0.29, 0.717) is 5.69 Å². The van der Waals surface area contributed by atoms with Gasteiger partial charge in [0.1, 0.15) is 17.2 Å². The Morgan fingerprint density at radius 2 is 1.78 bits per heavy atom. The number of rotatable bonds is 4. The van der Waals surface area contributed by atoms with Crippen molar-refractivity contribution in [2.45, 2.75) is 39.3 Å². The largest absolute Gasteiger partial charge is 0.444 e. The summed E-state index contributed by atoms with van der Waals surface area (Å²) in [6.07, 6.45) is -0.637. The first-order valence-corrected chi connectivity index (χ1v) is 8.41. The van der Waals surface area contributed by atoms with Gasteiger partial charge in [0.2, 0.25) is 0 Å². The van der Waals surface area contributed by atoms with E-state index in [9.17, 15) is 18.4 Å². The van der Waals surface area contributed by atoms with Crippen molar-refractivity contribution in [3.8, 4) is 0 Å². The van der Waals surface area contributed by atoms with Gasteiger partial charge >= 0.3 is 6.09 Å². The lowest BCUT2D eigenvalue weighted by molar-refractivity contribution is 0.0635. The van der Waals surface area contributed by atoms with Crippen LogP contribution in [0.1, 0.15) is 49.7 Å². The SMILES string of the molecule is C[C@@H](NC(=O)c1cccc(NC(=O)OC(C)(C)C)c1)c1ccc(F)cc1F. The molecular formula is C20H22F2N2O3. The molecule has 27 heavy (non-hydrogen) atoms. The minimum absolute atomic E-state index is 0.174. The number of halogens is 2. The number of carbonyl (C=O) groups excluding carboxylic acids is 2. The molecule has 1 atom stereocenters. The van der Waals surface area contributed by atoms with Crippen molar-refractivity contribution >= 4 is 17.7 Å². The zero-order valence-electron chi connectivity index (χ0n) is 15.6. The smallest absolute Gasteiger partial charge is 0.412 e. The molecule has 0 heterocycles. The molecule has 2 amide bonds. The number of nitrogens with one attached hydrogen (secondary N) is 2. The van der Waals surface area contributed by atoms with Gasteiger partial charge in [-0.1, -0.05) is 12.1 Å². The Morgan fingerprint density at radius 3 is 2.41 bits per heavy atom. The molecule has 0 saturated heterocycles. The molecule has 0 unspecified atom stereocenters. The molecule has 0 spiro atoms. The molecule has 0 aliphatic rings. The second kappa shape index (κ2) is 8.16. The highest BCUT2D eigenvalue weighted by Crippen LogP contribution is 2.19. The van der Waals surface area contributed by atoms with E-state index in [1.165, 1.54) is 12.1 Å². The number of amides is 2. The summed E-state index contributed by atoms with van der Waals surface area (Å²) in [6.45, 7) is 6.82. The summed E-state index contributed by atoms with van der Waals surface area (Å²) in [7, 11) is 0. The molecule has 5 nitrogen and oxygen atoms in total. The van der Waals surface area contributed by atoms with Gasteiger partial charge < -0.3 is 10.1 Å². The van der Waals surface area contributed by atoms with Crippen molar-refractivity contribution in [1.29, 1.82) is 0 Å². The third-order valence-corrected chi connectivity index (χ3v) is 3.55. The van der Waals surface area contributed by atoms with Crippen LogP contribution in [0.4, 0.5) is 19.3 Å². The fraction of sp³-hybridized carbons (Fsp3) is 0.300. The molecular weight excluding hydrogens is 354 g/mol. The molecule has 0 aromatic heterocycles. The van der Waals surface area contributed by atoms with Crippen LogP contribution in [0.5, 0.6) is 0 Å². The van der Waals surface area contributed by atoms with Gasteiger partial charge in [-0.25, -0.2) is 13.6 Å². The van der Waals surface area contributed by atoms with Gasteiger partial charge in [0.25, 0.3) is 5.91 Å². The van der Waals surface area contributed by atoms with E-state index in [-0.39, 0.29) is 11.1 Å². The summed E-state index contributed by atoms with van der Waals surface area (Å²) in [5.74, 6) is -1.88. The van der Waals surface area contributed by atoms with Gasteiger partial charge in [0.15, 0.2) is 0 Å². The first-order valence-electron chi connectivity index (χ1n) is 8.41. The first-order chi connectivity index (χ1) is 12.5. The van der Waals surface area contributed by atoms with Crippen LogP contribution in [-0.4, -0.2) is 17.6 Å². The maximum Gasteiger partial charge on any atom is 0.412 e. The standard InChI is InChI=1S/C20H22F2N2O3/c1-12(16-9-8-14(21)11-17(16)22)23-18(25)13-6-5-7-15(10-13)24-19(26)27-20(2,3)4/h5-12H,1-4H3,(H,23,25)(H,24,26)/t12-/m1/s1. The van der Waals surface area contributed by atoms with Crippen LogP contribution in [0.2, 0.25) is 0 Å². The fourth-order valence-corrected chi connectivity index (χ4v) is 2.37. The molecule has 0 saturated carbocycles. The number of ether oxygens (including phenoxy) is 1. The molecule has 2 aromatic carbocycles. The maximum atomic E-state index is 13.8. The van der Waals surface area contributed by atoms with Gasteiger partial charge in [-0.05, 0) is 52.0 Å². The Morgan fingerprint density at radius 1 is 1.07 bits per heavy atom. The van der Waals surface area contributed by atoms with E-state index in [0.717, 1.165) is 12.1 Å². The number of benzene rings is 2. The second-order valence-corrected chi connectivity index (χ2v) is 7.07. The van der Waals surface area contributed by atoms with Crippen LogP contribution in [0.3, 0.4) is 0 Å². The Bertz CT molecular complexity index is 847. The highest BCUT2D eigenvalue weighted by molar-refractivity contribution is 5.96. The summed E-state index contributed by atoms with van der Waals surface area (Å²) in [5, 5.41) is 5.20. The van der Waals surface area contributed by atoms with Crippen LogP contribution >= 0.6 is 0 Å². The number of hydrogen-bond acceptors (Lipinski definition) is 3.